The van der Waals surface area contributed by atoms with E-state index < -0.39 is 0 Å². The first kappa shape index (κ1) is 14.1. The Morgan fingerprint density at radius 2 is 2.05 bits per heavy atom. The molecule has 0 radical (unpaired) electrons. The molecule has 0 saturated carbocycles. The van der Waals surface area contributed by atoms with Crippen molar-refractivity contribution in [3.63, 3.8) is 0 Å². The predicted octanol–water partition coefficient (Wildman–Crippen LogP) is 5.11. The number of anilines is 1. The Morgan fingerprint density at radius 3 is 2.80 bits per heavy atom. The monoisotopic (exact) mass is 263 g/mol. The number of allylic oxidation sites excluding steroid dienone is 5. The minimum absolute atomic E-state index is 0.272. The lowest BCUT2D eigenvalue weighted by Crippen LogP contribution is -2.29. The van der Waals surface area contributed by atoms with Crippen LogP contribution in [0, 0.1) is 0 Å². The van der Waals surface area contributed by atoms with Crippen molar-refractivity contribution in [2.75, 3.05) is 4.90 Å². The predicted molar refractivity (Wildman–Crippen MR) is 89.7 cm³/mol. The first-order valence-corrected chi connectivity index (χ1v) is 6.93. The van der Waals surface area contributed by atoms with Crippen molar-refractivity contribution < 1.29 is 0 Å². The van der Waals surface area contributed by atoms with E-state index in [1.807, 2.05) is 18.2 Å². The van der Waals surface area contributed by atoms with Crippen molar-refractivity contribution in [2.45, 2.75) is 19.4 Å². The SMILES string of the molecule is C=CCC(/C=C\C)N1/C=C\C=C/C(=C)c2ccccc21. The van der Waals surface area contributed by atoms with Gasteiger partial charge in [0.25, 0.3) is 0 Å². The first-order chi connectivity index (χ1) is 9.77. The number of para-hydroxylation sites is 1. The van der Waals surface area contributed by atoms with E-state index in [-0.39, 0.29) is 6.04 Å². The summed E-state index contributed by atoms with van der Waals surface area (Å²) in [6.45, 7) is 10.1. The minimum Gasteiger partial charge on any atom is -0.340 e. The highest BCUT2D eigenvalue weighted by molar-refractivity contribution is 5.82. The van der Waals surface area contributed by atoms with Crippen molar-refractivity contribution in [1.29, 1.82) is 0 Å². The van der Waals surface area contributed by atoms with E-state index in [4.69, 9.17) is 0 Å². The topological polar surface area (TPSA) is 3.24 Å². The van der Waals surface area contributed by atoms with Crippen LogP contribution in [0.1, 0.15) is 18.9 Å². The molecule has 1 heterocycles. The molecule has 1 aliphatic rings. The number of hydrogen-bond acceptors (Lipinski definition) is 1. The number of fused-ring (bicyclic) bond motifs is 1. The minimum atomic E-state index is 0.272. The van der Waals surface area contributed by atoms with Gasteiger partial charge in [0.2, 0.25) is 0 Å². The summed E-state index contributed by atoms with van der Waals surface area (Å²) in [6.07, 6.45) is 15.4. The van der Waals surface area contributed by atoms with Crippen LogP contribution >= 0.6 is 0 Å². The molecule has 0 saturated heterocycles. The summed E-state index contributed by atoms with van der Waals surface area (Å²) in [5.41, 5.74) is 3.39. The van der Waals surface area contributed by atoms with Gasteiger partial charge in [-0.1, -0.05) is 55.2 Å². The maximum Gasteiger partial charge on any atom is 0.0550 e. The molecule has 20 heavy (non-hydrogen) atoms. The second kappa shape index (κ2) is 6.76. The summed E-state index contributed by atoms with van der Waals surface area (Å²) in [7, 11) is 0. The average molecular weight is 263 g/mol. The third-order valence-electron chi connectivity index (χ3n) is 3.36. The van der Waals surface area contributed by atoms with E-state index >= 15 is 0 Å². The Kier molecular flexibility index (Phi) is 4.78. The average Bonchev–Trinajstić information content (AvgIpc) is 2.45. The second-order valence-electron chi connectivity index (χ2n) is 4.77. The Bertz CT molecular complexity index is 575. The van der Waals surface area contributed by atoms with Crippen LogP contribution in [0.3, 0.4) is 0 Å². The fraction of sp³-hybridized carbons (Fsp3) is 0.158. The Labute approximate surface area is 121 Å². The molecule has 1 unspecified atom stereocenters. The molecular formula is C19H21N. The lowest BCUT2D eigenvalue weighted by atomic mass is 10.0. The zero-order valence-electron chi connectivity index (χ0n) is 12.0. The van der Waals surface area contributed by atoms with Crippen LogP contribution in [0.5, 0.6) is 0 Å². The van der Waals surface area contributed by atoms with Crippen molar-refractivity contribution >= 4 is 11.3 Å². The molecule has 1 aliphatic heterocycles. The van der Waals surface area contributed by atoms with E-state index in [0.29, 0.717) is 0 Å². The van der Waals surface area contributed by atoms with E-state index in [1.54, 1.807) is 0 Å². The van der Waals surface area contributed by atoms with Crippen LogP contribution in [0.15, 0.2) is 80.1 Å². The fourth-order valence-electron chi connectivity index (χ4n) is 2.42. The molecule has 0 amide bonds. The Morgan fingerprint density at radius 1 is 1.25 bits per heavy atom. The van der Waals surface area contributed by atoms with E-state index in [1.165, 1.54) is 11.3 Å². The second-order valence-corrected chi connectivity index (χ2v) is 4.77. The standard InChI is InChI=1S/C19H21N/c1-4-10-17(11-5-2)20-15-9-8-12-16(3)18-13-6-7-14-19(18)20/h4-9,11-15,17H,1,3,10H2,2H3/b11-5-,12-8-,15-9-. The largest absolute Gasteiger partial charge is 0.340 e. The van der Waals surface area contributed by atoms with Crippen molar-refractivity contribution in [2.24, 2.45) is 0 Å². The summed E-state index contributed by atoms with van der Waals surface area (Å²) in [5, 5.41) is 0. The van der Waals surface area contributed by atoms with E-state index in [9.17, 15) is 0 Å². The summed E-state index contributed by atoms with van der Waals surface area (Å²) in [5.74, 6) is 0. The van der Waals surface area contributed by atoms with Gasteiger partial charge >= 0.3 is 0 Å². The molecule has 102 valence electrons. The van der Waals surface area contributed by atoms with E-state index in [2.05, 4.69) is 73.7 Å². The number of benzene rings is 1. The highest BCUT2D eigenvalue weighted by Crippen LogP contribution is 2.31. The van der Waals surface area contributed by atoms with E-state index in [0.717, 1.165) is 12.0 Å². The summed E-state index contributed by atoms with van der Waals surface area (Å²) in [6, 6.07) is 8.66. The molecule has 1 aromatic rings. The van der Waals surface area contributed by atoms with Crippen LogP contribution in [-0.4, -0.2) is 6.04 Å². The maximum absolute atomic E-state index is 4.16. The summed E-state index contributed by atoms with van der Waals surface area (Å²) >= 11 is 0. The lowest BCUT2D eigenvalue weighted by Gasteiger charge is -2.30. The molecule has 1 heteroatoms. The van der Waals surface area contributed by atoms with Gasteiger partial charge in [0.05, 0.1) is 6.04 Å². The van der Waals surface area contributed by atoms with Gasteiger partial charge in [-0.2, -0.15) is 0 Å². The van der Waals surface area contributed by atoms with Gasteiger partial charge in [-0.05, 0) is 31.1 Å². The molecule has 0 N–H and O–H groups in total. The summed E-state index contributed by atoms with van der Waals surface area (Å²) < 4.78 is 0. The van der Waals surface area contributed by atoms with Gasteiger partial charge in [-0.15, -0.1) is 6.58 Å². The molecule has 2 rings (SSSR count). The Hall–Kier alpha value is -2.28. The normalized spacial score (nSPS) is 19.1. The Balaban J connectivity index is 2.52. The molecule has 0 fully saturated rings. The van der Waals surface area contributed by atoms with Gasteiger partial charge in [0.15, 0.2) is 0 Å². The molecule has 1 atom stereocenters. The van der Waals surface area contributed by atoms with Crippen LogP contribution in [0.25, 0.3) is 5.57 Å². The molecule has 0 spiro atoms. The number of nitrogens with zero attached hydrogens (tertiary/aromatic N) is 1. The van der Waals surface area contributed by atoms with Crippen LogP contribution < -0.4 is 4.90 Å². The quantitative estimate of drug-likeness (QED) is 0.682. The molecule has 1 nitrogen and oxygen atoms in total. The maximum atomic E-state index is 4.16. The number of rotatable bonds is 4. The smallest absolute Gasteiger partial charge is 0.0550 e. The zero-order chi connectivity index (χ0) is 14.4. The molecular weight excluding hydrogens is 242 g/mol. The highest BCUT2D eigenvalue weighted by Gasteiger charge is 2.17. The first-order valence-electron chi connectivity index (χ1n) is 6.93. The third-order valence-corrected chi connectivity index (χ3v) is 3.36. The third kappa shape index (κ3) is 3.00. The molecule has 0 aliphatic carbocycles. The van der Waals surface area contributed by atoms with Crippen LogP contribution in [0.2, 0.25) is 0 Å². The van der Waals surface area contributed by atoms with Gasteiger partial charge in [0, 0.05) is 17.5 Å². The van der Waals surface area contributed by atoms with Crippen molar-refractivity contribution in [1.82, 2.24) is 0 Å². The number of hydrogen-bond donors (Lipinski definition) is 0. The highest BCUT2D eigenvalue weighted by atomic mass is 15.1. The molecule has 1 aromatic carbocycles. The molecule has 0 bridgehead atoms. The van der Waals surface area contributed by atoms with Crippen molar-refractivity contribution in [3.8, 4) is 0 Å². The summed E-state index contributed by atoms with van der Waals surface area (Å²) in [4.78, 5) is 2.28. The van der Waals surface area contributed by atoms with Crippen LogP contribution in [0.4, 0.5) is 5.69 Å². The molecule has 0 aromatic heterocycles. The van der Waals surface area contributed by atoms with Crippen LogP contribution in [-0.2, 0) is 0 Å². The van der Waals surface area contributed by atoms with Gasteiger partial charge < -0.3 is 4.90 Å². The van der Waals surface area contributed by atoms with Gasteiger partial charge in [-0.3, -0.25) is 0 Å². The van der Waals surface area contributed by atoms with Gasteiger partial charge in [0.1, 0.15) is 0 Å². The van der Waals surface area contributed by atoms with Gasteiger partial charge in [-0.25, -0.2) is 0 Å². The lowest BCUT2D eigenvalue weighted by molar-refractivity contribution is 0.785. The van der Waals surface area contributed by atoms with Crippen molar-refractivity contribution in [3.05, 3.63) is 85.6 Å². The fourth-order valence-corrected chi connectivity index (χ4v) is 2.42. The zero-order valence-corrected chi connectivity index (χ0v) is 12.0.